The number of nitrogens with zero attached hydrogens (tertiary/aromatic N) is 1. The second-order valence-electron chi connectivity index (χ2n) is 7.24. The highest BCUT2D eigenvalue weighted by atomic mass is 16.5. The average molecular weight is 376 g/mol. The van der Waals surface area contributed by atoms with Crippen molar-refractivity contribution in [2.75, 3.05) is 26.3 Å². The highest BCUT2D eigenvalue weighted by Crippen LogP contribution is 2.26. The van der Waals surface area contributed by atoms with Gasteiger partial charge in [-0.2, -0.15) is 0 Å². The number of aromatic nitrogens is 1. The fourth-order valence-corrected chi connectivity index (χ4v) is 3.95. The van der Waals surface area contributed by atoms with Crippen LogP contribution >= 0.6 is 0 Å². The molecule has 2 aliphatic heterocycles. The molecule has 3 N–H and O–H groups in total. The van der Waals surface area contributed by atoms with Crippen LogP contribution in [-0.4, -0.2) is 66.1 Å². The minimum absolute atomic E-state index is 0.00563. The number of likely N-dealkylation sites (tertiary alicyclic amines) is 1. The monoisotopic (exact) mass is 376 g/mol. The molecule has 1 aromatic heterocycles. The highest BCUT2D eigenvalue weighted by Gasteiger charge is 2.41. The highest BCUT2D eigenvalue weighted by molar-refractivity contribution is 5.94. The lowest BCUT2D eigenvalue weighted by Crippen LogP contribution is -2.49. The average Bonchev–Trinajstić information content (AvgIpc) is 3.06. The SMILES string of the molecule is CCNC(=O)[C@@H]1C[C@H](NC(=O)c2ccc(C)[nH]c2=O)CN1C1CCOCC1. The minimum Gasteiger partial charge on any atom is -0.381 e. The van der Waals surface area contributed by atoms with Crippen molar-refractivity contribution in [3.8, 4) is 0 Å². The van der Waals surface area contributed by atoms with Gasteiger partial charge >= 0.3 is 0 Å². The first-order chi connectivity index (χ1) is 13.0. The van der Waals surface area contributed by atoms with Gasteiger partial charge in [0, 0.05) is 44.1 Å². The molecule has 0 aromatic carbocycles. The van der Waals surface area contributed by atoms with Gasteiger partial charge in [0.15, 0.2) is 0 Å². The molecular formula is C19H28N4O4. The summed E-state index contributed by atoms with van der Waals surface area (Å²) in [4.78, 5) is 41.9. The molecule has 2 aliphatic rings. The molecule has 3 rings (SSSR count). The van der Waals surface area contributed by atoms with Gasteiger partial charge in [-0.15, -0.1) is 0 Å². The Balaban J connectivity index is 1.71. The van der Waals surface area contributed by atoms with Crippen LogP contribution in [0.15, 0.2) is 16.9 Å². The van der Waals surface area contributed by atoms with Crippen molar-refractivity contribution in [3.05, 3.63) is 33.7 Å². The van der Waals surface area contributed by atoms with E-state index in [1.807, 2.05) is 6.92 Å². The number of aromatic amines is 1. The van der Waals surface area contributed by atoms with Crippen LogP contribution in [0.25, 0.3) is 0 Å². The van der Waals surface area contributed by atoms with Gasteiger partial charge in [-0.05, 0) is 45.2 Å². The number of aryl methyl sites for hydroxylation is 1. The Hall–Kier alpha value is -2.19. The Morgan fingerprint density at radius 1 is 1.30 bits per heavy atom. The zero-order valence-electron chi connectivity index (χ0n) is 15.9. The van der Waals surface area contributed by atoms with E-state index in [4.69, 9.17) is 4.74 Å². The predicted octanol–water partition coefficient (Wildman–Crippen LogP) is 0.171. The molecule has 8 nitrogen and oxygen atoms in total. The summed E-state index contributed by atoms with van der Waals surface area (Å²) in [6, 6.07) is 3.08. The van der Waals surface area contributed by atoms with Crippen molar-refractivity contribution in [1.82, 2.24) is 20.5 Å². The molecule has 2 saturated heterocycles. The molecule has 2 atom stereocenters. The lowest BCUT2D eigenvalue weighted by Gasteiger charge is -2.34. The fraction of sp³-hybridized carbons (Fsp3) is 0.632. The standard InChI is InChI=1S/C19H28N4O4/c1-3-20-19(26)16-10-13(11-23(16)14-6-8-27-9-7-14)22-18(25)15-5-4-12(2)21-17(15)24/h4-5,13-14,16H,3,6-11H2,1-2H3,(H,20,26)(H,21,24)(H,22,25)/t13-,16-/m0/s1. The summed E-state index contributed by atoms with van der Waals surface area (Å²) in [5.74, 6) is -0.404. The maximum atomic E-state index is 12.5. The third-order valence-corrected chi connectivity index (χ3v) is 5.29. The van der Waals surface area contributed by atoms with Crippen molar-refractivity contribution in [3.63, 3.8) is 0 Å². The zero-order chi connectivity index (χ0) is 19.4. The van der Waals surface area contributed by atoms with E-state index in [1.165, 1.54) is 6.07 Å². The molecule has 1 aromatic rings. The van der Waals surface area contributed by atoms with Crippen LogP contribution in [-0.2, 0) is 9.53 Å². The molecule has 0 bridgehead atoms. The summed E-state index contributed by atoms with van der Waals surface area (Å²) in [5.41, 5.74) is 0.408. The number of hydrogen-bond donors (Lipinski definition) is 3. The number of pyridine rings is 1. The molecule has 0 spiro atoms. The first-order valence-corrected chi connectivity index (χ1v) is 9.61. The molecule has 148 valence electrons. The maximum Gasteiger partial charge on any atom is 0.260 e. The van der Waals surface area contributed by atoms with Gasteiger partial charge in [0.25, 0.3) is 11.5 Å². The van der Waals surface area contributed by atoms with Crippen LogP contribution < -0.4 is 16.2 Å². The Morgan fingerprint density at radius 3 is 2.70 bits per heavy atom. The summed E-state index contributed by atoms with van der Waals surface area (Å²) in [6.07, 6.45) is 2.31. The third-order valence-electron chi connectivity index (χ3n) is 5.29. The minimum atomic E-state index is -0.398. The van der Waals surface area contributed by atoms with E-state index in [2.05, 4.69) is 20.5 Å². The Morgan fingerprint density at radius 2 is 2.04 bits per heavy atom. The van der Waals surface area contributed by atoms with Crippen LogP contribution in [0.1, 0.15) is 42.2 Å². The van der Waals surface area contributed by atoms with E-state index in [9.17, 15) is 14.4 Å². The number of hydrogen-bond acceptors (Lipinski definition) is 5. The van der Waals surface area contributed by atoms with Crippen molar-refractivity contribution in [2.45, 2.75) is 51.2 Å². The second kappa shape index (κ2) is 8.67. The summed E-state index contributed by atoms with van der Waals surface area (Å²) >= 11 is 0. The molecule has 2 fully saturated rings. The predicted molar refractivity (Wildman–Crippen MR) is 101 cm³/mol. The first-order valence-electron chi connectivity index (χ1n) is 9.61. The van der Waals surface area contributed by atoms with E-state index < -0.39 is 11.5 Å². The Bertz CT molecular complexity index is 741. The topological polar surface area (TPSA) is 104 Å². The smallest absolute Gasteiger partial charge is 0.260 e. The number of amides is 2. The van der Waals surface area contributed by atoms with E-state index in [0.29, 0.717) is 38.4 Å². The quantitative estimate of drug-likeness (QED) is 0.680. The summed E-state index contributed by atoms with van der Waals surface area (Å²) in [5, 5.41) is 5.84. The summed E-state index contributed by atoms with van der Waals surface area (Å²) in [6.45, 7) is 6.23. The molecule has 0 aliphatic carbocycles. The zero-order valence-corrected chi connectivity index (χ0v) is 15.9. The summed E-state index contributed by atoms with van der Waals surface area (Å²) in [7, 11) is 0. The van der Waals surface area contributed by atoms with Crippen molar-refractivity contribution < 1.29 is 14.3 Å². The molecule has 27 heavy (non-hydrogen) atoms. The van der Waals surface area contributed by atoms with Crippen LogP contribution in [0.5, 0.6) is 0 Å². The van der Waals surface area contributed by atoms with Gasteiger partial charge in [-0.1, -0.05) is 0 Å². The van der Waals surface area contributed by atoms with Gasteiger partial charge in [0.2, 0.25) is 5.91 Å². The molecule has 2 amide bonds. The van der Waals surface area contributed by atoms with Crippen LogP contribution in [0.4, 0.5) is 0 Å². The van der Waals surface area contributed by atoms with Gasteiger partial charge < -0.3 is 20.4 Å². The number of ether oxygens (including phenoxy) is 1. The van der Waals surface area contributed by atoms with Gasteiger partial charge in [0.05, 0.1) is 6.04 Å². The van der Waals surface area contributed by atoms with Crippen LogP contribution in [0, 0.1) is 6.92 Å². The van der Waals surface area contributed by atoms with Gasteiger partial charge in [0.1, 0.15) is 5.56 Å². The third kappa shape index (κ3) is 4.56. The van der Waals surface area contributed by atoms with Crippen LogP contribution in [0.2, 0.25) is 0 Å². The Kier molecular flexibility index (Phi) is 6.28. The second-order valence-corrected chi connectivity index (χ2v) is 7.24. The number of carbonyl (C=O) groups excluding carboxylic acids is 2. The molecule has 0 radical (unpaired) electrons. The fourth-order valence-electron chi connectivity index (χ4n) is 3.95. The Labute approximate surface area is 158 Å². The lowest BCUT2D eigenvalue weighted by atomic mass is 10.1. The van der Waals surface area contributed by atoms with Crippen molar-refractivity contribution in [2.24, 2.45) is 0 Å². The largest absolute Gasteiger partial charge is 0.381 e. The normalized spacial score (nSPS) is 23.9. The van der Waals surface area contributed by atoms with Gasteiger partial charge in [-0.25, -0.2) is 0 Å². The van der Waals surface area contributed by atoms with E-state index in [0.717, 1.165) is 12.8 Å². The van der Waals surface area contributed by atoms with Crippen LogP contribution in [0.3, 0.4) is 0 Å². The molecule has 8 heteroatoms. The number of nitrogens with one attached hydrogen (secondary N) is 3. The maximum absolute atomic E-state index is 12.5. The lowest BCUT2D eigenvalue weighted by molar-refractivity contribution is -0.126. The van der Waals surface area contributed by atoms with Gasteiger partial charge in [-0.3, -0.25) is 19.3 Å². The van der Waals surface area contributed by atoms with Crippen molar-refractivity contribution >= 4 is 11.8 Å². The number of H-pyrrole nitrogens is 1. The van der Waals surface area contributed by atoms with E-state index >= 15 is 0 Å². The number of carbonyl (C=O) groups is 2. The molecule has 0 unspecified atom stereocenters. The first kappa shape index (κ1) is 19.6. The molecule has 3 heterocycles. The molecular weight excluding hydrogens is 348 g/mol. The number of rotatable bonds is 5. The number of likely N-dealkylation sites (N-methyl/N-ethyl adjacent to an activating group) is 1. The molecule has 0 saturated carbocycles. The van der Waals surface area contributed by atoms with E-state index in [-0.39, 0.29) is 29.6 Å². The van der Waals surface area contributed by atoms with Crippen molar-refractivity contribution in [1.29, 1.82) is 0 Å². The summed E-state index contributed by atoms with van der Waals surface area (Å²) < 4.78 is 5.44. The van der Waals surface area contributed by atoms with E-state index in [1.54, 1.807) is 13.0 Å².